The van der Waals surface area contributed by atoms with E-state index in [1.807, 2.05) is 0 Å². The summed E-state index contributed by atoms with van der Waals surface area (Å²) >= 11 is 2.90. The van der Waals surface area contributed by atoms with E-state index in [0.717, 1.165) is 6.07 Å². The van der Waals surface area contributed by atoms with Crippen LogP contribution in [-0.2, 0) is 16.1 Å². The van der Waals surface area contributed by atoms with Crippen molar-refractivity contribution in [2.45, 2.75) is 19.6 Å². The van der Waals surface area contributed by atoms with Crippen molar-refractivity contribution < 1.29 is 23.4 Å². The van der Waals surface area contributed by atoms with Crippen molar-refractivity contribution >= 4 is 21.9 Å². The maximum atomic E-state index is 13.4. The zero-order valence-electron chi connectivity index (χ0n) is 8.34. The van der Waals surface area contributed by atoms with Gasteiger partial charge in [0.25, 0.3) is 0 Å². The van der Waals surface area contributed by atoms with Crippen molar-refractivity contribution in [3.05, 3.63) is 33.8 Å². The van der Waals surface area contributed by atoms with Crippen LogP contribution in [0.3, 0.4) is 0 Å². The number of carboxylic acids is 1. The summed E-state index contributed by atoms with van der Waals surface area (Å²) in [5.41, 5.74) is -0.289. The van der Waals surface area contributed by atoms with E-state index in [1.54, 1.807) is 0 Å². The van der Waals surface area contributed by atoms with Gasteiger partial charge in [0, 0.05) is 0 Å². The van der Waals surface area contributed by atoms with E-state index in [2.05, 4.69) is 15.9 Å². The van der Waals surface area contributed by atoms with E-state index in [0.29, 0.717) is 0 Å². The number of carbonyl (C=O) groups is 1. The first-order chi connectivity index (χ1) is 7.43. The molecule has 0 radical (unpaired) electrons. The lowest BCUT2D eigenvalue weighted by atomic mass is 10.2. The summed E-state index contributed by atoms with van der Waals surface area (Å²) in [5, 5.41) is 8.53. The fraction of sp³-hybridized carbons (Fsp3) is 0.300. The van der Waals surface area contributed by atoms with Gasteiger partial charge in [-0.2, -0.15) is 0 Å². The molecular formula is C10H9BrF2O3. The van der Waals surface area contributed by atoms with Crippen molar-refractivity contribution in [2.24, 2.45) is 0 Å². The zero-order chi connectivity index (χ0) is 12.3. The van der Waals surface area contributed by atoms with Gasteiger partial charge < -0.3 is 9.84 Å². The number of rotatable bonds is 4. The van der Waals surface area contributed by atoms with Crippen LogP contribution in [0.1, 0.15) is 12.5 Å². The van der Waals surface area contributed by atoms with Crippen LogP contribution in [0.15, 0.2) is 16.6 Å². The van der Waals surface area contributed by atoms with Crippen LogP contribution in [-0.4, -0.2) is 17.2 Å². The highest BCUT2D eigenvalue weighted by Crippen LogP contribution is 2.22. The highest BCUT2D eigenvalue weighted by Gasteiger charge is 2.16. The Kier molecular flexibility index (Phi) is 4.37. The Bertz CT molecular complexity index is 409. The quantitative estimate of drug-likeness (QED) is 0.869. The molecule has 88 valence electrons. The van der Waals surface area contributed by atoms with Crippen LogP contribution < -0.4 is 0 Å². The number of ether oxygens (including phenoxy) is 1. The fourth-order valence-electron chi connectivity index (χ4n) is 0.981. The van der Waals surface area contributed by atoms with Crippen molar-refractivity contribution in [3.63, 3.8) is 0 Å². The van der Waals surface area contributed by atoms with Crippen LogP contribution in [0.2, 0.25) is 0 Å². The average Bonchev–Trinajstić information content (AvgIpc) is 2.23. The van der Waals surface area contributed by atoms with Gasteiger partial charge >= 0.3 is 5.97 Å². The Morgan fingerprint density at radius 1 is 1.56 bits per heavy atom. The first-order valence-corrected chi connectivity index (χ1v) is 5.19. The minimum atomic E-state index is -1.18. The van der Waals surface area contributed by atoms with Gasteiger partial charge in [-0.05, 0) is 35.0 Å². The molecule has 16 heavy (non-hydrogen) atoms. The van der Waals surface area contributed by atoms with Crippen molar-refractivity contribution in [3.8, 4) is 0 Å². The van der Waals surface area contributed by atoms with E-state index < -0.39 is 30.3 Å². The van der Waals surface area contributed by atoms with E-state index in [1.165, 1.54) is 13.0 Å². The van der Waals surface area contributed by atoms with E-state index >= 15 is 0 Å². The lowest BCUT2D eigenvalue weighted by molar-refractivity contribution is -0.150. The van der Waals surface area contributed by atoms with Gasteiger partial charge in [0.2, 0.25) is 0 Å². The van der Waals surface area contributed by atoms with Crippen molar-refractivity contribution in [1.82, 2.24) is 0 Å². The third-order valence-corrected chi connectivity index (χ3v) is 2.58. The Balaban J connectivity index is 2.81. The van der Waals surface area contributed by atoms with Gasteiger partial charge in [-0.25, -0.2) is 13.6 Å². The Morgan fingerprint density at radius 3 is 2.75 bits per heavy atom. The lowest BCUT2D eigenvalue weighted by Crippen LogP contribution is -2.20. The van der Waals surface area contributed by atoms with E-state index in [-0.39, 0.29) is 10.0 Å². The van der Waals surface area contributed by atoms with Gasteiger partial charge in [0.05, 0.1) is 16.6 Å². The van der Waals surface area contributed by atoms with Crippen LogP contribution in [0.5, 0.6) is 0 Å². The summed E-state index contributed by atoms with van der Waals surface area (Å²) in [5.74, 6) is -2.73. The normalized spacial score (nSPS) is 12.5. The standard InChI is InChI=1S/C10H9BrF2O3/c1-5(10(14)15)16-4-6-8(12)3-2-7(11)9(6)13/h2-3,5H,4H2,1H3,(H,14,15)/t5-/m1/s1. The first kappa shape index (κ1) is 13.1. The molecule has 1 N–H and O–H groups in total. The summed E-state index contributed by atoms with van der Waals surface area (Å²) in [7, 11) is 0. The molecule has 0 spiro atoms. The lowest BCUT2D eigenvalue weighted by Gasteiger charge is -2.10. The van der Waals surface area contributed by atoms with Gasteiger partial charge in [-0.3, -0.25) is 0 Å². The Labute approximate surface area is 99.2 Å². The monoisotopic (exact) mass is 294 g/mol. The number of aliphatic carboxylic acids is 1. The average molecular weight is 295 g/mol. The van der Waals surface area contributed by atoms with Gasteiger partial charge in [0.15, 0.2) is 6.10 Å². The molecule has 0 amide bonds. The summed E-state index contributed by atoms with van der Waals surface area (Å²) in [6, 6.07) is 2.31. The molecule has 0 bridgehead atoms. The fourth-order valence-corrected chi connectivity index (χ4v) is 1.35. The Morgan fingerprint density at radius 2 is 2.19 bits per heavy atom. The minimum Gasteiger partial charge on any atom is -0.479 e. The molecular weight excluding hydrogens is 286 g/mol. The van der Waals surface area contributed by atoms with Gasteiger partial charge in [-0.1, -0.05) is 0 Å². The zero-order valence-corrected chi connectivity index (χ0v) is 9.92. The smallest absolute Gasteiger partial charge is 0.332 e. The van der Waals surface area contributed by atoms with Crippen molar-refractivity contribution in [1.29, 1.82) is 0 Å². The molecule has 1 aromatic rings. The Hall–Kier alpha value is -1.01. The minimum absolute atomic E-state index is 0.107. The summed E-state index contributed by atoms with van der Waals surface area (Å²) < 4.78 is 31.5. The summed E-state index contributed by atoms with van der Waals surface area (Å²) in [6.07, 6.45) is -1.11. The summed E-state index contributed by atoms with van der Waals surface area (Å²) in [4.78, 5) is 10.4. The van der Waals surface area contributed by atoms with Gasteiger partial charge in [0.1, 0.15) is 11.6 Å². The molecule has 0 aliphatic carbocycles. The third-order valence-electron chi connectivity index (χ3n) is 1.96. The third kappa shape index (κ3) is 2.99. The molecule has 0 fully saturated rings. The molecule has 0 aliphatic rings. The maximum absolute atomic E-state index is 13.4. The number of benzene rings is 1. The molecule has 6 heteroatoms. The van der Waals surface area contributed by atoms with Crippen molar-refractivity contribution in [2.75, 3.05) is 0 Å². The molecule has 1 atom stereocenters. The molecule has 0 unspecified atom stereocenters. The second-order valence-corrected chi connectivity index (χ2v) is 3.97. The first-order valence-electron chi connectivity index (χ1n) is 4.40. The predicted octanol–water partition coefficient (Wildman–Crippen LogP) is 2.72. The highest BCUT2D eigenvalue weighted by atomic mass is 79.9. The predicted molar refractivity (Wildman–Crippen MR) is 55.9 cm³/mol. The topological polar surface area (TPSA) is 46.5 Å². The molecule has 0 saturated heterocycles. The molecule has 0 saturated carbocycles. The maximum Gasteiger partial charge on any atom is 0.332 e. The number of hydrogen-bond acceptors (Lipinski definition) is 2. The van der Waals surface area contributed by atoms with Crippen LogP contribution in [0.25, 0.3) is 0 Å². The molecule has 0 heterocycles. The van der Waals surface area contributed by atoms with E-state index in [9.17, 15) is 13.6 Å². The number of hydrogen-bond donors (Lipinski definition) is 1. The highest BCUT2D eigenvalue weighted by molar-refractivity contribution is 9.10. The number of carboxylic acid groups (broad SMARTS) is 1. The van der Waals surface area contributed by atoms with Crippen LogP contribution >= 0.6 is 15.9 Å². The van der Waals surface area contributed by atoms with Gasteiger partial charge in [-0.15, -0.1) is 0 Å². The molecule has 3 nitrogen and oxygen atoms in total. The SMILES string of the molecule is C[C@@H](OCc1c(F)ccc(Br)c1F)C(=O)O. The van der Waals surface area contributed by atoms with Crippen LogP contribution in [0, 0.1) is 11.6 Å². The molecule has 0 aliphatic heterocycles. The largest absolute Gasteiger partial charge is 0.479 e. The number of halogens is 3. The molecule has 1 rings (SSSR count). The molecule has 0 aromatic heterocycles. The second kappa shape index (κ2) is 5.36. The summed E-state index contributed by atoms with van der Waals surface area (Å²) in [6.45, 7) is 0.862. The second-order valence-electron chi connectivity index (χ2n) is 3.11. The van der Waals surface area contributed by atoms with Crippen LogP contribution in [0.4, 0.5) is 8.78 Å². The molecule has 1 aromatic carbocycles. The van der Waals surface area contributed by atoms with E-state index in [4.69, 9.17) is 9.84 Å².